The maximum Gasteiger partial charge on any atom is 0.150 e. The Morgan fingerprint density at radius 2 is 2.35 bits per heavy atom. The van der Waals surface area contributed by atoms with Gasteiger partial charge in [-0.1, -0.05) is 0 Å². The normalized spacial score (nSPS) is 20.6. The van der Waals surface area contributed by atoms with Crippen molar-refractivity contribution >= 4 is 10.9 Å². The zero-order valence-corrected chi connectivity index (χ0v) is 9.93. The molecule has 17 heavy (non-hydrogen) atoms. The molecule has 0 radical (unpaired) electrons. The lowest BCUT2D eigenvalue weighted by Crippen LogP contribution is -2.18. The maximum atomic E-state index is 5.72. The van der Waals surface area contributed by atoms with Crippen molar-refractivity contribution < 1.29 is 9.47 Å². The molecule has 1 saturated heterocycles. The second kappa shape index (κ2) is 4.37. The molecule has 0 bridgehead atoms. The summed E-state index contributed by atoms with van der Waals surface area (Å²) >= 11 is 0. The SMILES string of the molecule is COc1ccc2cn(C3CCCCO3)nc2c1. The smallest absolute Gasteiger partial charge is 0.150 e. The minimum atomic E-state index is 0.0992. The van der Waals surface area contributed by atoms with Crippen molar-refractivity contribution in [3.8, 4) is 5.75 Å². The fourth-order valence-electron chi connectivity index (χ4n) is 2.22. The van der Waals surface area contributed by atoms with Crippen molar-refractivity contribution in [1.29, 1.82) is 0 Å². The number of rotatable bonds is 2. The van der Waals surface area contributed by atoms with E-state index in [1.165, 1.54) is 6.42 Å². The van der Waals surface area contributed by atoms with Crippen molar-refractivity contribution in [2.24, 2.45) is 0 Å². The fraction of sp³-hybridized carbons (Fsp3) is 0.462. The highest BCUT2D eigenvalue weighted by molar-refractivity contribution is 5.79. The lowest BCUT2D eigenvalue weighted by Gasteiger charge is -2.22. The molecule has 3 rings (SSSR count). The van der Waals surface area contributed by atoms with E-state index in [-0.39, 0.29) is 6.23 Å². The molecule has 1 aromatic heterocycles. The van der Waals surface area contributed by atoms with Crippen molar-refractivity contribution in [3.05, 3.63) is 24.4 Å². The van der Waals surface area contributed by atoms with Crippen LogP contribution in [0.15, 0.2) is 24.4 Å². The molecule has 2 aromatic rings. The lowest BCUT2D eigenvalue weighted by molar-refractivity contribution is -0.0390. The van der Waals surface area contributed by atoms with Crippen molar-refractivity contribution in [3.63, 3.8) is 0 Å². The Balaban J connectivity index is 1.95. The Kier molecular flexibility index (Phi) is 2.73. The van der Waals surface area contributed by atoms with Gasteiger partial charge in [0.25, 0.3) is 0 Å². The molecule has 1 unspecified atom stereocenters. The maximum absolute atomic E-state index is 5.72. The van der Waals surface area contributed by atoms with E-state index >= 15 is 0 Å². The zero-order valence-electron chi connectivity index (χ0n) is 9.93. The van der Waals surface area contributed by atoms with E-state index in [0.29, 0.717) is 0 Å². The predicted molar refractivity (Wildman–Crippen MR) is 65.1 cm³/mol. The molecule has 0 saturated carbocycles. The van der Waals surface area contributed by atoms with Crippen molar-refractivity contribution in [1.82, 2.24) is 9.78 Å². The highest BCUT2D eigenvalue weighted by Crippen LogP contribution is 2.25. The molecule has 1 fully saturated rings. The molecule has 0 spiro atoms. The van der Waals surface area contributed by atoms with E-state index in [4.69, 9.17) is 9.47 Å². The van der Waals surface area contributed by atoms with Crippen LogP contribution in [-0.2, 0) is 4.74 Å². The third-order valence-corrected chi connectivity index (χ3v) is 3.18. The summed E-state index contributed by atoms with van der Waals surface area (Å²) in [6, 6.07) is 5.94. The Labute approximate surface area is 100 Å². The van der Waals surface area contributed by atoms with Gasteiger partial charge in [-0.3, -0.25) is 0 Å². The molecule has 1 atom stereocenters. The largest absolute Gasteiger partial charge is 0.497 e. The van der Waals surface area contributed by atoms with E-state index in [1.54, 1.807) is 7.11 Å². The van der Waals surface area contributed by atoms with Crippen LogP contribution in [0.5, 0.6) is 5.75 Å². The Morgan fingerprint density at radius 1 is 1.41 bits per heavy atom. The number of hydrogen-bond acceptors (Lipinski definition) is 3. The van der Waals surface area contributed by atoms with Crippen LogP contribution in [0.25, 0.3) is 10.9 Å². The Bertz CT molecular complexity index is 515. The number of fused-ring (bicyclic) bond motifs is 1. The Hall–Kier alpha value is -1.55. The van der Waals surface area contributed by atoms with Crippen LogP contribution in [0, 0.1) is 0 Å². The van der Waals surface area contributed by atoms with Gasteiger partial charge in [-0.05, 0) is 31.4 Å². The summed E-state index contributed by atoms with van der Waals surface area (Å²) in [5.41, 5.74) is 0.957. The van der Waals surface area contributed by atoms with Crippen molar-refractivity contribution in [2.75, 3.05) is 13.7 Å². The minimum absolute atomic E-state index is 0.0992. The van der Waals surface area contributed by atoms with E-state index in [9.17, 15) is 0 Å². The average molecular weight is 232 g/mol. The molecule has 2 heterocycles. The van der Waals surface area contributed by atoms with Gasteiger partial charge >= 0.3 is 0 Å². The van der Waals surface area contributed by atoms with Crippen LogP contribution in [0.3, 0.4) is 0 Å². The van der Waals surface area contributed by atoms with Crippen LogP contribution < -0.4 is 4.74 Å². The molecule has 1 aromatic carbocycles. The van der Waals surface area contributed by atoms with Crippen LogP contribution in [0.1, 0.15) is 25.5 Å². The number of methoxy groups -OCH3 is 1. The summed E-state index contributed by atoms with van der Waals surface area (Å²) in [4.78, 5) is 0. The van der Waals surface area contributed by atoms with Crippen LogP contribution in [0.2, 0.25) is 0 Å². The topological polar surface area (TPSA) is 36.3 Å². The van der Waals surface area contributed by atoms with Gasteiger partial charge in [-0.15, -0.1) is 0 Å². The molecule has 4 nitrogen and oxygen atoms in total. The molecule has 0 N–H and O–H groups in total. The summed E-state index contributed by atoms with van der Waals surface area (Å²) in [5, 5.41) is 5.68. The van der Waals surface area contributed by atoms with E-state index < -0.39 is 0 Å². The standard InChI is InChI=1S/C13H16N2O2/c1-16-11-6-5-10-9-15(14-12(10)8-11)13-4-2-3-7-17-13/h5-6,8-9,13H,2-4,7H2,1H3. The van der Waals surface area contributed by atoms with Crippen molar-refractivity contribution in [2.45, 2.75) is 25.5 Å². The first-order chi connectivity index (χ1) is 8.36. The van der Waals surface area contributed by atoms with Crippen LogP contribution in [-0.4, -0.2) is 23.5 Å². The highest BCUT2D eigenvalue weighted by atomic mass is 16.5. The van der Waals surface area contributed by atoms with Gasteiger partial charge in [0.05, 0.1) is 12.6 Å². The van der Waals surface area contributed by atoms with Gasteiger partial charge in [0, 0.05) is 24.3 Å². The molecule has 1 aliphatic rings. The first-order valence-corrected chi connectivity index (χ1v) is 6.01. The van der Waals surface area contributed by atoms with Gasteiger partial charge in [-0.2, -0.15) is 5.10 Å². The van der Waals surface area contributed by atoms with Crippen LogP contribution in [0.4, 0.5) is 0 Å². The lowest BCUT2D eigenvalue weighted by atomic mass is 10.2. The first kappa shape index (κ1) is 10.6. The molecule has 1 aliphatic heterocycles. The summed E-state index contributed by atoms with van der Waals surface area (Å²) in [6.45, 7) is 0.837. The summed E-state index contributed by atoms with van der Waals surface area (Å²) in [6.07, 6.45) is 5.56. The van der Waals surface area contributed by atoms with E-state index in [2.05, 4.69) is 5.10 Å². The zero-order chi connectivity index (χ0) is 11.7. The third-order valence-electron chi connectivity index (χ3n) is 3.18. The van der Waals surface area contributed by atoms with Gasteiger partial charge in [0.15, 0.2) is 0 Å². The number of aromatic nitrogens is 2. The van der Waals surface area contributed by atoms with Gasteiger partial charge < -0.3 is 9.47 Å². The molecule has 90 valence electrons. The van der Waals surface area contributed by atoms with E-state index in [0.717, 1.165) is 36.1 Å². The number of ether oxygens (including phenoxy) is 2. The third kappa shape index (κ3) is 2.00. The fourth-order valence-corrected chi connectivity index (χ4v) is 2.22. The van der Waals surface area contributed by atoms with Gasteiger partial charge in [-0.25, -0.2) is 4.68 Å². The second-order valence-corrected chi connectivity index (χ2v) is 4.36. The first-order valence-electron chi connectivity index (χ1n) is 6.01. The number of hydrogen-bond donors (Lipinski definition) is 0. The van der Waals surface area contributed by atoms with Gasteiger partial charge in [0.1, 0.15) is 12.0 Å². The summed E-state index contributed by atoms with van der Waals surface area (Å²) in [5.74, 6) is 0.840. The summed E-state index contributed by atoms with van der Waals surface area (Å²) in [7, 11) is 1.67. The molecular formula is C13H16N2O2. The number of nitrogens with zero attached hydrogens (tertiary/aromatic N) is 2. The number of benzene rings is 1. The molecule has 4 heteroatoms. The Morgan fingerprint density at radius 3 is 3.12 bits per heavy atom. The van der Waals surface area contributed by atoms with Crippen LogP contribution >= 0.6 is 0 Å². The minimum Gasteiger partial charge on any atom is -0.497 e. The summed E-state index contributed by atoms with van der Waals surface area (Å²) < 4.78 is 12.8. The second-order valence-electron chi connectivity index (χ2n) is 4.36. The predicted octanol–water partition coefficient (Wildman–Crippen LogP) is 2.74. The molecular weight excluding hydrogens is 216 g/mol. The monoisotopic (exact) mass is 232 g/mol. The quantitative estimate of drug-likeness (QED) is 0.798. The van der Waals surface area contributed by atoms with E-state index in [1.807, 2.05) is 29.1 Å². The molecule has 0 aliphatic carbocycles. The molecule has 0 amide bonds. The highest BCUT2D eigenvalue weighted by Gasteiger charge is 2.16. The van der Waals surface area contributed by atoms with Gasteiger partial charge in [0.2, 0.25) is 0 Å². The average Bonchev–Trinajstić information content (AvgIpc) is 2.82.